The first-order valence-corrected chi connectivity index (χ1v) is 7.73. The summed E-state index contributed by atoms with van der Waals surface area (Å²) >= 11 is 0. The van der Waals surface area contributed by atoms with Crippen LogP contribution >= 0.6 is 0 Å². The highest BCUT2D eigenvalue weighted by Crippen LogP contribution is 2.20. The molecular formula is C12H18N2O2S. The summed E-state index contributed by atoms with van der Waals surface area (Å²) in [5.74, 6) is 0. The van der Waals surface area contributed by atoms with Gasteiger partial charge in [-0.2, -0.15) is 0 Å². The number of anilines is 1. The van der Waals surface area contributed by atoms with Gasteiger partial charge in [0.2, 0.25) is 10.0 Å². The summed E-state index contributed by atoms with van der Waals surface area (Å²) in [5, 5.41) is 3.42. The molecule has 0 bridgehead atoms. The average molecular weight is 254 g/mol. The lowest BCUT2D eigenvalue weighted by Gasteiger charge is -2.14. The van der Waals surface area contributed by atoms with E-state index in [4.69, 9.17) is 0 Å². The van der Waals surface area contributed by atoms with Crippen LogP contribution in [-0.2, 0) is 16.4 Å². The van der Waals surface area contributed by atoms with Crippen LogP contribution in [0, 0.1) is 0 Å². The van der Waals surface area contributed by atoms with Crippen LogP contribution < -0.4 is 10.0 Å². The topological polar surface area (TPSA) is 58.2 Å². The van der Waals surface area contributed by atoms with Crippen molar-refractivity contribution in [1.29, 1.82) is 0 Å². The molecule has 5 heteroatoms. The van der Waals surface area contributed by atoms with Gasteiger partial charge in [-0.3, -0.25) is 4.72 Å². The van der Waals surface area contributed by atoms with Crippen molar-refractivity contribution in [2.24, 2.45) is 0 Å². The maximum Gasteiger partial charge on any atom is 0.229 e. The fraction of sp³-hybridized carbons (Fsp3) is 0.500. The van der Waals surface area contributed by atoms with E-state index in [1.165, 1.54) is 12.7 Å². The Hall–Kier alpha value is -1.07. The third kappa shape index (κ3) is 3.71. The normalized spacial score (nSPS) is 20.4. The molecule has 1 unspecified atom stereocenters. The van der Waals surface area contributed by atoms with Crippen LogP contribution in [0.15, 0.2) is 24.3 Å². The second-order valence-electron chi connectivity index (χ2n) is 4.53. The van der Waals surface area contributed by atoms with Crippen molar-refractivity contribution in [3.8, 4) is 0 Å². The van der Waals surface area contributed by atoms with Gasteiger partial charge < -0.3 is 5.32 Å². The van der Waals surface area contributed by atoms with E-state index in [1.807, 2.05) is 24.3 Å². The fourth-order valence-electron chi connectivity index (χ4n) is 2.19. The van der Waals surface area contributed by atoms with E-state index >= 15 is 0 Å². The molecule has 0 aromatic heterocycles. The maximum absolute atomic E-state index is 11.3. The molecule has 1 aromatic carbocycles. The molecule has 17 heavy (non-hydrogen) atoms. The summed E-state index contributed by atoms with van der Waals surface area (Å²) in [6, 6.07) is 8.05. The van der Waals surface area contributed by atoms with Crippen molar-refractivity contribution in [3.05, 3.63) is 29.8 Å². The number of para-hydroxylation sites is 1. The van der Waals surface area contributed by atoms with Gasteiger partial charge in [0.05, 0.1) is 11.9 Å². The molecule has 94 valence electrons. The highest BCUT2D eigenvalue weighted by Gasteiger charge is 2.16. The maximum atomic E-state index is 11.3. The van der Waals surface area contributed by atoms with Crippen LogP contribution in [0.5, 0.6) is 0 Å². The number of hydrogen-bond donors (Lipinski definition) is 2. The van der Waals surface area contributed by atoms with Gasteiger partial charge in [-0.15, -0.1) is 0 Å². The van der Waals surface area contributed by atoms with Gasteiger partial charge in [0.25, 0.3) is 0 Å². The lowest BCUT2D eigenvalue weighted by atomic mass is 10.0. The SMILES string of the molecule is CS(=O)(=O)Nc1ccccc1CC1CCCN1. The van der Waals surface area contributed by atoms with Crippen LogP contribution in [0.25, 0.3) is 0 Å². The van der Waals surface area contributed by atoms with Gasteiger partial charge >= 0.3 is 0 Å². The van der Waals surface area contributed by atoms with Gasteiger partial charge in [0.1, 0.15) is 0 Å². The van der Waals surface area contributed by atoms with Crippen LogP contribution in [0.2, 0.25) is 0 Å². The lowest BCUT2D eigenvalue weighted by molar-refractivity contribution is 0.601. The number of sulfonamides is 1. The Morgan fingerprint density at radius 1 is 1.41 bits per heavy atom. The number of rotatable bonds is 4. The van der Waals surface area contributed by atoms with Gasteiger partial charge in [0, 0.05) is 6.04 Å². The summed E-state index contributed by atoms with van der Waals surface area (Å²) in [6.45, 7) is 1.06. The quantitative estimate of drug-likeness (QED) is 0.853. The molecule has 0 aliphatic carbocycles. The molecule has 0 amide bonds. The van der Waals surface area contributed by atoms with Crippen LogP contribution in [-0.4, -0.2) is 27.3 Å². The number of nitrogens with one attached hydrogen (secondary N) is 2. The second-order valence-corrected chi connectivity index (χ2v) is 6.28. The van der Waals surface area contributed by atoms with E-state index in [2.05, 4.69) is 10.0 Å². The number of hydrogen-bond acceptors (Lipinski definition) is 3. The first-order valence-electron chi connectivity index (χ1n) is 5.84. The van der Waals surface area contributed by atoms with Crippen LogP contribution in [0.4, 0.5) is 5.69 Å². The monoisotopic (exact) mass is 254 g/mol. The molecule has 4 nitrogen and oxygen atoms in total. The van der Waals surface area contributed by atoms with Crippen molar-refractivity contribution in [2.45, 2.75) is 25.3 Å². The summed E-state index contributed by atoms with van der Waals surface area (Å²) in [5.41, 5.74) is 1.75. The zero-order chi connectivity index (χ0) is 12.3. The summed E-state index contributed by atoms with van der Waals surface area (Å²) in [4.78, 5) is 0. The first-order chi connectivity index (χ1) is 8.04. The predicted molar refractivity (Wildman–Crippen MR) is 69.6 cm³/mol. The Morgan fingerprint density at radius 3 is 2.82 bits per heavy atom. The van der Waals surface area contributed by atoms with E-state index in [1.54, 1.807) is 0 Å². The zero-order valence-electron chi connectivity index (χ0n) is 9.94. The van der Waals surface area contributed by atoms with Crippen molar-refractivity contribution < 1.29 is 8.42 Å². The standard InChI is InChI=1S/C12H18N2O2S/c1-17(15,16)14-12-7-3-2-5-10(12)9-11-6-4-8-13-11/h2-3,5,7,11,13-14H,4,6,8-9H2,1H3. The highest BCUT2D eigenvalue weighted by molar-refractivity contribution is 7.92. The molecular weight excluding hydrogens is 236 g/mol. The van der Waals surface area contributed by atoms with Crippen LogP contribution in [0.1, 0.15) is 18.4 Å². The summed E-state index contributed by atoms with van der Waals surface area (Å²) in [6.07, 6.45) is 4.41. The third-order valence-corrected chi connectivity index (χ3v) is 3.53. The molecule has 1 saturated heterocycles. The minimum Gasteiger partial charge on any atom is -0.314 e. The van der Waals surface area contributed by atoms with E-state index in [0.29, 0.717) is 11.7 Å². The van der Waals surface area contributed by atoms with Gasteiger partial charge in [-0.25, -0.2) is 8.42 Å². The average Bonchev–Trinajstić information content (AvgIpc) is 2.71. The number of benzene rings is 1. The van der Waals surface area contributed by atoms with Gasteiger partial charge in [-0.1, -0.05) is 18.2 Å². The van der Waals surface area contributed by atoms with Gasteiger partial charge in [-0.05, 0) is 37.4 Å². The molecule has 2 N–H and O–H groups in total. The second kappa shape index (κ2) is 5.06. The molecule has 0 radical (unpaired) electrons. The predicted octanol–water partition coefficient (Wildman–Crippen LogP) is 1.35. The molecule has 1 fully saturated rings. The third-order valence-electron chi connectivity index (χ3n) is 2.94. The Kier molecular flexibility index (Phi) is 3.69. The fourth-order valence-corrected chi connectivity index (χ4v) is 2.79. The minimum atomic E-state index is -3.20. The van der Waals surface area contributed by atoms with Gasteiger partial charge in [0.15, 0.2) is 0 Å². The van der Waals surface area contributed by atoms with Crippen LogP contribution in [0.3, 0.4) is 0 Å². The lowest BCUT2D eigenvalue weighted by Crippen LogP contribution is -2.24. The summed E-state index contributed by atoms with van der Waals surface area (Å²) < 4.78 is 25.1. The largest absolute Gasteiger partial charge is 0.314 e. The Balaban J connectivity index is 2.15. The minimum absolute atomic E-state index is 0.470. The molecule has 1 atom stereocenters. The van der Waals surface area contributed by atoms with E-state index in [9.17, 15) is 8.42 Å². The van der Waals surface area contributed by atoms with Crippen molar-refractivity contribution in [1.82, 2.24) is 5.32 Å². The summed E-state index contributed by atoms with van der Waals surface area (Å²) in [7, 11) is -3.20. The van der Waals surface area contributed by atoms with E-state index in [-0.39, 0.29) is 0 Å². The highest BCUT2D eigenvalue weighted by atomic mass is 32.2. The smallest absolute Gasteiger partial charge is 0.229 e. The molecule has 1 heterocycles. The molecule has 0 saturated carbocycles. The van der Waals surface area contributed by atoms with E-state index < -0.39 is 10.0 Å². The van der Waals surface area contributed by atoms with Crippen molar-refractivity contribution in [2.75, 3.05) is 17.5 Å². The Morgan fingerprint density at radius 2 is 2.18 bits per heavy atom. The molecule has 1 aliphatic rings. The van der Waals surface area contributed by atoms with Crippen molar-refractivity contribution >= 4 is 15.7 Å². The van der Waals surface area contributed by atoms with Crippen molar-refractivity contribution in [3.63, 3.8) is 0 Å². The molecule has 1 aromatic rings. The zero-order valence-corrected chi connectivity index (χ0v) is 10.8. The van der Waals surface area contributed by atoms with E-state index in [0.717, 1.165) is 24.9 Å². The molecule has 0 spiro atoms. The molecule has 2 rings (SSSR count). The first kappa shape index (κ1) is 12.4. The molecule has 1 aliphatic heterocycles. The Labute approximate surface area is 102 Å². The Bertz CT molecular complexity index is 479.